The number of Topliss-reactive ketones (excluding diaryl/α,β-unsaturated/α-hetero) is 1. The summed E-state index contributed by atoms with van der Waals surface area (Å²) in [7, 11) is 0. The molecule has 4 nitrogen and oxygen atoms in total. The molecule has 1 N–H and O–H groups in total. The van der Waals surface area contributed by atoms with Crippen LogP contribution in [0, 0.1) is 13.8 Å². The molecule has 0 saturated carbocycles. The SMILES string of the molecule is Cc1nc(C2CNCCC2=O)oc1C. The fraction of sp³-hybridized carbons (Fsp3) is 0.600. The standard InChI is InChI=1S/C10H14N2O2/c1-6-7(2)14-10(12-6)8-5-11-4-3-9(8)13/h8,11H,3-5H2,1-2H3. The predicted molar refractivity (Wildman–Crippen MR) is 51.2 cm³/mol. The lowest BCUT2D eigenvalue weighted by Crippen LogP contribution is -2.35. The Labute approximate surface area is 82.7 Å². The van der Waals surface area contributed by atoms with Gasteiger partial charge in [0.2, 0.25) is 5.89 Å². The number of aromatic nitrogens is 1. The van der Waals surface area contributed by atoms with Gasteiger partial charge in [-0.1, -0.05) is 0 Å². The molecule has 2 heterocycles. The van der Waals surface area contributed by atoms with Gasteiger partial charge in [0.05, 0.1) is 5.69 Å². The highest BCUT2D eigenvalue weighted by atomic mass is 16.4. The van der Waals surface area contributed by atoms with Crippen molar-refractivity contribution < 1.29 is 9.21 Å². The van der Waals surface area contributed by atoms with Gasteiger partial charge in [-0.3, -0.25) is 4.79 Å². The van der Waals surface area contributed by atoms with Crippen LogP contribution < -0.4 is 5.32 Å². The molecule has 1 aliphatic rings. The van der Waals surface area contributed by atoms with E-state index in [9.17, 15) is 4.79 Å². The Bertz CT molecular complexity index is 338. The fourth-order valence-electron chi connectivity index (χ4n) is 1.62. The van der Waals surface area contributed by atoms with Crippen LogP contribution in [0.25, 0.3) is 0 Å². The molecule has 1 aromatic rings. The number of carbonyl (C=O) groups is 1. The predicted octanol–water partition coefficient (Wildman–Crippen LogP) is 0.937. The second kappa shape index (κ2) is 3.53. The van der Waals surface area contributed by atoms with Crippen LogP contribution in [-0.4, -0.2) is 23.9 Å². The van der Waals surface area contributed by atoms with Gasteiger partial charge in [0.25, 0.3) is 0 Å². The summed E-state index contributed by atoms with van der Waals surface area (Å²) in [4.78, 5) is 15.8. The number of aryl methyl sites for hydroxylation is 2. The van der Waals surface area contributed by atoms with Crippen molar-refractivity contribution in [1.29, 1.82) is 0 Å². The first kappa shape index (κ1) is 9.40. The highest BCUT2D eigenvalue weighted by Crippen LogP contribution is 2.21. The number of ketones is 1. The lowest BCUT2D eigenvalue weighted by molar-refractivity contribution is -0.121. The molecule has 0 aliphatic carbocycles. The van der Waals surface area contributed by atoms with E-state index < -0.39 is 0 Å². The minimum atomic E-state index is -0.184. The second-order valence-corrected chi connectivity index (χ2v) is 3.67. The highest BCUT2D eigenvalue weighted by molar-refractivity contribution is 5.85. The van der Waals surface area contributed by atoms with Crippen LogP contribution in [0.2, 0.25) is 0 Å². The summed E-state index contributed by atoms with van der Waals surface area (Å²) < 4.78 is 5.45. The summed E-state index contributed by atoms with van der Waals surface area (Å²) in [5, 5.41) is 3.17. The molecule has 0 bridgehead atoms. The summed E-state index contributed by atoms with van der Waals surface area (Å²) in [6.07, 6.45) is 0.575. The molecule has 14 heavy (non-hydrogen) atoms. The summed E-state index contributed by atoms with van der Waals surface area (Å²) in [5.74, 6) is 1.41. The normalized spacial score (nSPS) is 22.7. The Hall–Kier alpha value is -1.16. The Morgan fingerprint density at radius 2 is 2.29 bits per heavy atom. The van der Waals surface area contributed by atoms with Gasteiger partial charge in [0.15, 0.2) is 0 Å². The van der Waals surface area contributed by atoms with Crippen LogP contribution in [0.4, 0.5) is 0 Å². The first-order valence-corrected chi connectivity index (χ1v) is 4.86. The molecule has 76 valence electrons. The van der Waals surface area contributed by atoms with Crippen molar-refractivity contribution in [2.24, 2.45) is 0 Å². The Balaban J connectivity index is 2.24. The third-order valence-electron chi connectivity index (χ3n) is 2.63. The molecule has 4 heteroatoms. The molecule has 1 fully saturated rings. The number of carbonyl (C=O) groups excluding carboxylic acids is 1. The largest absolute Gasteiger partial charge is 0.445 e. The van der Waals surface area contributed by atoms with Crippen LogP contribution >= 0.6 is 0 Å². The van der Waals surface area contributed by atoms with E-state index in [0.29, 0.717) is 18.9 Å². The second-order valence-electron chi connectivity index (χ2n) is 3.67. The fourth-order valence-corrected chi connectivity index (χ4v) is 1.62. The van der Waals surface area contributed by atoms with Crippen molar-refractivity contribution in [2.75, 3.05) is 13.1 Å². The van der Waals surface area contributed by atoms with E-state index in [1.807, 2.05) is 13.8 Å². The molecule has 1 aromatic heterocycles. The van der Waals surface area contributed by atoms with Gasteiger partial charge in [0.1, 0.15) is 17.5 Å². The van der Waals surface area contributed by atoms with Crippen molar-refractivity contribution in [3.63, 3.8) is 0 Å². The summed E-state index contributed by atoms with van der Waals surface area (Å²) >= 11 is 0. The third-order valence-corrected chi connectivity index (χ3v) is 2.63. The number of piperidine rings is 1. The van der Waals surface area contributed by atoms with Gasteiger partial charge < -0.3 is 9.73 Å². The van der Waals surface area contributed by atoms with Crippen LogP contribution in [0.5, 0.6) is 0 Å². The maximum absolute atomic E-state index is 11.6. The van der Waals surface area contributed by atoms with Crippen molar-refractivity contribution in [3.05, 3.63) is 17.3 Å². The van der Waals surface area contributed by atoms with Crippen molar-refractivity contribution in [2.45, 2.75) is 26.2 Å². The van der Waals surface area contributed by atoms with Crippen LogP contribution in [0.3, 0.4) is 0 Å². The summed E-state index contributed by atoms with van der Waals surface area (Å²) in [6.45, 7) is 5.18. The average molecular weight is 194 g/mol. The van der Waals surface area contributed by atoms with Gasteiger partial charge >= 0.3 is 0 Å². The van der Waals surface area contributed by atoms with Gasteiger partial charge in [-0.15, -0.1) is 0 Å². The zero-order valence-corrected chi connectivity index (χ0v) is 8.46. The van der Waals surface area contributed by atoms with E-state index in [4.69, 9.17) is 4.42 Å². The quantitative estimate of drug-likeness (QED) is 0.722. The minimum Gasteiger partial charge on any atom is -0.445 e. The summed E-state index contributed by atoms with van der Waals surface area (Å²) in [6, 6.07) is 0. The molecule has 0 spiro atoms. The van der Waals surface area contributed by atoms with Gasteiger partial charge in [-0.25, -0.2) is 4.98 Å². The molecule has 0 radical (unpaired) electrons. The van der Waals surface area contributed by atoms with Gasteiger partial charge in [-0.05, 0) is 13.8 Å². The van der Waals surface area contributed by atoms with Crippen molar-refractivity contribution >= 4 is 5.78 Å². The van der Waals surface area contributed by atoms with Gasteiger partial charge in [-0.2, -0.15) is 0 Å². The molecular formula is C10H14N2O2. The minimum absolute atomic E-state index is 0.184. The number of hydrogen-bond donors (Lipinski definition) is 1. The molecule has 1 unspecified atom stereocenters. The van der Waals surface area contributed by atoms with Crippen LogP contribution in [0.15, 0.2) is 4.42 Å². The molecule has 2 rings (SSSR count). The highest BCUT2D eigenvalue weighted by Gasteiger charge is 2.28. The van der Waals surface area contributed by atoms with Crippen LogP contribution in [-0.2, 0) is 4.79 Å². The van der Waals surface area contributed by atoms with Crippen LogP contribution in [0.1, 0.15) is 29.7 Å². The van der Waals surface area contributed by atoms with E-state index in [2.05, 4.69) is 10.3 Å². The lowest BCUT2D eigenvalue weighted by atomic mass is 9.98. The maximum Gasteiger partial charge on any atom is 0.206 e. The molecular weight excluding hydrogens is 180 g/mol. The Morgan fingerprint density at radius 3 is 2.86 bits per heavy atom. The van der Waals surface area contributed by atoms with E-state index in [1.54, 1.807) is 0 Å². The van der Waals surface area contributed by atoms with E-state index >= 15 is 0 Å². The Morgan fingerprint density at radius 1 is 1.50 bits per heavy atom. The number of rotatable bonds is 1. The maximum atomic E-state index is 11.6. The van der Waals surface area contributed by atoms with E-state index in [0.717, 1.165) is 18.0 Å². The zero-order valence-electron chi connectivity index (χ0n) is 8.46. The van der Waals surface area contributed by atoms with Gasteiger partial charge in [0, 0.05) is 19.5 Å². The number of nitrogens with zero attached hydrogens (tertiary/aromatic N) is 1. The topological polar surface area (TPSA) is 55.1 Å². The number of nitrogens with one attached hydrogen (secondary N) is 1. The third kappa shape index (κ3) is 1.57. The molecule has 1 saturated heterocycles. The molecule has 0 aromatic carbocycles. The molecule has 1 atom stereocenters. The smallest absolute Gasteiger partial charge is 0.206 e. The molecule has 0 amide bonds. The number of hydrogen-bond acceptors (Lipinski definition) is 4. The summed E-state index contributed by atoms with van der Waals surface area (Å²) in [5.41, 5.74) is 0.873. The van der Waals surface area contributed by atoms with Crippen molar-refractivity contribution in [1.82, 2.24) is 10.3 Å². The zero-order chi connectivity index (χ0) is 10.1. The first-order valence-electron chi connectivity index (χ1n) is 4.86. The average Bonchev–Trinajstić information content (AvgIpc) is 2.48. The van der Waals surface area contributed by atoms with Crippen molar-refractivity contribution in [3.8, 4) is 0 Å². The number of oxazole rings is 1. The monoisotopic (exact) mass is 194 g/mol. The first-order chi connectivity index (χ1) is 6.68. The van der Waals surface area contributed by atoms with E-state index in [1.165, 1.54) is 0 Å². The lowest BCUT2D eigenvalue weighted by Gasteiger charge is -2.18. The molecule has 1 aliphatic heterocycles. The Kier molecular flexibility index (Phi) is 2.37. The van der Waals surface area contributed by atoms with E-state index in [-0.39, 0.29) is 11.7 Å².